The van der Waals surface area contributed by atoms with Crippen LogP contribution in [0.5, 0.6) is 0 Å². The summed E-state index contributed by atoms with van der Waals surface area (Å²) in [5, 5.41) is 15.7. The van der Waals surface area contributed by atoms with E-state index in [-0.39, 0.29) is 5.92 Å². The summed E-state index contributed by atoms with van der Waals surface area (Å²) in [6, 6.07) is 0. The highest BCUT2D eigenvalue weighted by molar-refractivity contribution is 5.43. The maximum atomic E-state index is 5.36. The van der Waals surface area contributed by atoms with Crippen LogP contribution in [0.15, 0.2) is 10.7 Å². The highest BCUT2D eigenvalue weighted by Gasteiger charge is 2.24. The highest BCUT2D eigenvalue weighted by atomic mass is 16.5. The molecule has 0 bridgehead atoms. The molecule has 1 unspecified atom stereocenters. The zero-order valence-corrected chi connectivity index (χ0v) is 13.0. The molecule has 4 heterocycles. The molecule has 2 aromatic rings. The van der Waals surface area contributed by atoms with Gasteiger partial charge in [-0.3, -0.25) is 9.58 Å². The SMILES string of the molecule is c1c(-c2nc(C3CCOC3)no2)nnn1CCN1CCNCC1. The summed E-state index contributed by atoms with van der Waals surface area (Å²) >= 11 is 0. The monoisotopic (exact) mass is 319 g/mol. The van der Waals surface area contributed by atoms with Crippen LogP contribution in [0.3, 0.4) is 0 Å². The summed E-state index contributed by atoms with van der Waals surface area (Å²) in [4.78, 5) is 6.85. The molecule has 2 saturated heterocycles. The molecule has 23 heavy (non-hydrogen) atoms. The van der Waals surface area contributed by atoms with Crippen molar-refractivity contribution in [2.45, 2.75) is 18.9 Å². The van der Waals surface area contributed by atoms with Crippen molar-refractivity contribution >= 4 is 0 Å². The second kappa shape index (κ2) is 6.73. The van der Waals surface area contributed by atoms with E-state index in [0.29, 0.717) is 24.0 Å². The van der Waals surface area contributed by atoms with E-state index in [1.54, 1.807) is 0 Å². The van der Waals surface area contributed by atoms with E-state index in [9.17, 15) is 0 Å². The van der Waals surface area contributed by atoms with Gasteiger partial charge in [0.2, 0.25) is 0 Å². The van der Waals surface area contributed by atoms with Crippen molar-refractivity contribution in [3.8, 4) is 11.6 Å². The third-order valence-corrected chi connectivity index (χ3v) is 4.35. The maximum Gasteiger partial charge on any atom is 0.280 e. The van der Waals surface area contributed by atoms with Gasteiger partial charge in [-0.2, -0.15) is 4.98 Å². The summed E-state index contributed by atoms with van der Waals surface area (Å²) in [6.07, 6.45) is 2.81. The van der Waals surface area contributed by atoms with Crippen molar-refractivity contribution in [3.63, 3.8) is 0 Å². The van der Waals surface area contributed by atoms with Crippen LogP contribution in [0.1, 0.15) is 18.2 Å². The summed E-state index contributed by atoms with van der Waals surface area (Å²) in [6.45, 7) is 7.48. The molecule has 1 atom stereocenters. The lowest BCUT2D eigenvalue weighted by Crippen LogP contribution is -2.44. The minimum atomic E-state index is 0.232. The summed E-state index contributed by atoms with van der Waals surface area (Å²) in [5.41, 5.74) is 0.628. The molecule has 4 rings (SSSR count). The number of hydrogen-bond donors (Lipinski definition) is 1. The van der Waals surface area contributed by atoms with Gasteiger partial charge in [0.15, 0.2) is 11.5 Å². The predicted octanol–water partition coefficient (Wildman–Crippen LogP) is -0.263. The van der Waals surface area contributed by atoms with E-state index in [1.807, 2.05) is 10.9 Å². The van der Waals surface area contributed by atoms with Gasteiger partial charge in [-0.15, -0.1) is 5.10 Å². The Bertz CT molecular complexity index is 629. The Hall–Kier alpha value is -1.84. The average Bonchev–Trinajstić information content (AvgIpc) is 3.33. The van der Waals surface area contributed by atoms with Crippen LogP contribution in [-0.4, -0.2) is 76.0 Å². The van der Waals surface area contributed by atoms with Gasteiger partial charge >= 0.3 is 0 Å². The Kier molecular flexibility index (Phi) is 4.31. The fraction of sp³-hybridized carbons (Fsp3) is 0.714. The molecule has 0 saturated carbocycles. The summed E-state index contributed by atoms with van der Waals surface area (Å²) < 4.78 is 12.5. The van der Waals surface area contributed by atoms with Gasteiger partial charge in [-0.25, -0.2) is 0 Å². The second-order valence-corrected chi connectivity index (χ2v) is 5.98. The fourth-order valence-corrected chi connectivity index (χ4v) is 2.93. The second-order valence-electron chi connectivity index (χ2n) is 5.98. The Morgan fingerprint density at radius 2 is 2.17 bits per heavy atom. The first kappa shape index (κ1) is 14.7. The minimum Gasteiger partial charge on any atom is -0.381 e. The van der Waals surface area contributed by atoms with Crippen molar-refractivity contribution in [3.05, 3.63) is 12.0 Å². The minimum absolute atomic E-state index is 0.232. The number of rotatable bonds is 5. The Morgan fingerprint density at radius 3 is 3.00 bits per heavy atom. The van der Waals surface area contributed by atoms with Gasteiger partial charge in [0.25, 0.3) is 5.89 Å². The van der Waals surface area contributed by atoms with E-state index in [0.717, 1.165) is 52.3 Å². The molecule has 9 nitrogen and oxygen atoms in total. The van der Waals surface area contributed by atoms with E-state index < -0.39 is 0 Å². The quantitative estimate of drug-likeness (QED) is 0.805. The van der Waals surface area contributed by atoms with Gasteiger partial charge in [0.1, 0.15) is 0 Å². The Labute approximate surface area is 134 Å². The molecular formula is C14H21N7O2. The molecule has 2 aliphatic heterocycles. The average molecular weight is 319 g/mol. The Balaban J connectivity index is 1.37. The molecule has 9 heteroatoms. The van der Waals surface area contributed by atoms with Crippen LogP contribution in [0.2, 0.25) is 0 Å². The van der Waals surface area contributed by atoms with Crippen LogP contribution in [0.25, 0.3) is 11.6 Å². The van der Waals surface area contributed by atoms with Crippen LogP contribution in [0.4, 0.5) is 0 Å². The summed E-state index contributed by atoms with van der Waals surface area (Å²) in [7, 11) is 0. The first-order chi connectivity index (χ1) is 11.4. The van der Waals surface area contributed by atoms with Crippen molar-refractivity contribution in [1.82, 2.24) is 35.4 Å². The smallest absolute Gasteiger partial charge is 0.280 e. The molecule has 1 N–H and O–H groups in total. The van der Waals surface area contributed by atoms with E-state index in [4.69, 9.17) is 9.26 Å². The van der Waals surface area contributed by atoms with Crippen molar-refractivity contribution in [1.29, 1.82) is 0 Å². The first-order valence-corrected chi connectivity index (χ1v) is 8.13. The molecule has 2 aliphatic rings. The molecule has 0 spiro atoms. The molecule has 0 radical (unpaired) electrons. The van der Waals surface area contributed by atoms with E-state index in [1.165, 1.54) is 0 Å². The number of nitrogens with one attached hydrogen (secondary N) is 1. The van der Waals surface area contributed by atoms with Gasteiger partial charge in [0, 0.05) is 45.2 Å². The number of hydrogen-bond acceptors (Lipinski definition) is 8. The van der Waals surface area contributed by atoms with Gasteiger partial charge in [-0.05, 0) is 6.42 Å². The normalized spacial score (nSPS) is 22.7. The zero-order chi connectivity index (χ0) is 15.5. The van der Waals surface area contributed by atoms with Crippen LogP contribution >= 0.6 is 0 Å². The highest BCUT2D eigenvalue weighted by Crippen LogP contribution is 2.24. The van der Waals surface area contributed by atoms with Gasteiger partial charge in [-0.1, -0.05) is 10.4 Å². The third kappa shape index (κ3) is 3.41. The summed E-state index contributed by atoms with van der Waals surface area (Å²) in [5.74, 6) is 1.36. The molecule has 0 amide bonds. The lowest BCUT2D eigenvalue weighted by molar-refractivity contribution is 0.192. The lowest BCUT2D eigenvalue weighted by atomic mass is 10.1. The van der Waals surface area contributed by atoms with Gasteiger partial charge in [0.05, 0.1) is 19.3 Å². The maximum absolute atomic E-state index is 5.36. The molecule has 0 aromatic carbocycles. The van der Waals surface area contributed by atoms with Crippen LogP contribution < -0.4 is 5.32 Å². The van der Waals surface area contributed by atoms with Crippen LogP contribution in [-0.2, 0) is 11.3 Å². The number of aromatic nitrogens is 5. The zero-order valence-electron chi connectivity index (χ0n) is 13.0. The number of nitrogens with zero attached hydrogens (tertiary/aromatic N) is 6. The predicted molar refractivity (Wildman–Crippen MR) is 80.8 cm³/mol. The fourth-order valence-electron chi connectivity index (χ4n) is 2.93. The van der Waals surface area contributed by atoms with Crippen molar-refractivity contribution in [2.24, 2.45) is 0 Å². The molecule has 2 fully saturated rings. The molecule has 0 aliphatic carbocycles. The van der Waals surface area contributed by atoms with Crippen molar-refractivity contribution < 1.29 is 9.26 Å². The lowest BCUT2D eigenvalue weighted by Gasteiger charge is -2.26. The third-order valence-electron chi connectivity index (χ3n) is 4.35. The molecule has 2 aromatic heterocycles. The topological polar surface area (TPSA) is 94.1 Å². The standard InChI is InChI=1S/C14H21N7O2/c1-8-22-10-11(1)13-16-14(23-18-13)12-9-21(19-17-12)7-6-20-4-2-15-3-5-20/h9,11,15H,1-8,10H2. The van der Waals surface area contributed by atoms with E-state index in [2.05, 4.69) is 30.7 Å². The van der Waals surface area contributed by atoms with E-state index >= 15 is 0 Å². The number of ether oxygens (including phenoxy) is 1. The first-order valence-electron chi connectivity index (χ1n) is 8.13. The van der Waals surface area contributed by atoms with Gasteiger partial charge < -0.3 is 14.6 Å². The molecular weight excluding hydrogens is 298 g/mol. The Morgan fingerprint density at radius 1 is 1.26 bits per heavy atom. The van der Waals surface area contributed by atoms with Crippen LogP contribution in [0, 0.1) is 0 Å². The van der Waals surface area contributed by atoms with Crippen molar-refractivity contribution in [2.75, 3.05) is 45.9 Å². The largest absolute Gasteiger partial charge is 0.381 e. The number of piperazine rings is 1. The molecule has 124 valence electrons.